The first kappa shape index (κ1) is 19.2. The summed E-state index contributed by atoms with van der Waals surface area (Å²) in [5.74, 6) is 0.323. The SMILES string of the molecule is CC(C)(C)NC(=O)[C@H]1CCCN(C2CCN(c3nc4ccccc4o3)CC2)C1. The summed E-state index contributed by atoms with van der Waals surface area (Å²) in [4.78, 5) is 22.0. The van der Waals surface area contributed by atoms with Gasteiger partial charge in [0, 0.05) is 31.2 Å². The molecule has 152 valence electrons. The van der Waals surface area contributed by atoms with Crippen molar-refractivity contribution in [1.82, 2.24) is 15.2 Å². The summed E-state index contributed by atoms with van der Waals surface area (Å²) in [5, 5.41) is 3.16. The molecule has 6 heteroatoms. The first-order chi connectivity index (χ1) is 13.4. The van der Waals surface area contributed by atoms with Crippen LogP contribution >= 0.6 is 0 Å². The Hall–Kier alpha value is -2.08. The summed E-state index contributed by atoms with van der Waals surface area (Å²) >= 11 is 0. The van der Waals surface area contributed by atoms with Gasteiger partial charge in [0.25, 0.3) is 6.01 Å². The lowest BCUT2D eigenvalue weighted by molar-refractivity contribution is -0.128. The zero-order valence-electron chi connectivity index (χ0n) is 17.3. The second-order valence-electron chi connectivity index (χ2n) is 9.26. The summed E-state index contributed by atoms with van der Waals surface area (Å²) in [5.41, 5.74) is 1.61. The van der Waals surface area contributed by atoms with E-state index in [4.69, 9.17) is 4.42 Å². The van der Waals surface area contributed by atoms with Crippen LogP contribution in [0.4, 0.5) is 6.01 Å². The van der Waals surface area contributed by atoms with Crippen molar-refractivity contribution in [3.05, 3.63) is 24.3 Å². The van der Waals surface area contributed by atoms with Crippen LogP contribution in [-0.2, 0) is 4.79 Å². The maximum atomic E-state index is 12.6. The number of benzene rings is 1. The lowest BCUT2D eigenvalue weighted by Crippen LogP contribution is -2.52. The Kier molecular flexibility index (Phi) is 5.32. The van der Waals surface area contributed by atoms with Gasteiger partial charge in [-0.1, -0.05) is 12.1 Å². The highest BCUT2D eigenvalue weighted by Crippen LogP contribution is 2.28. The lowest BCUT2D eigenvalue weighted by atomic mass is 9.92. The molecule has 28 heavy (non-hydrogen) atoms. The van der Waals surface area contributed by atoms with E-state index in [1.807, 2.05) is 45.0 Å². The molecule has 1 atom stereocenters. The van der Waals surface area contributed by atoms with Crippen molar-refractivity contribution in [3.63, 3.8) is 0 Å². The first-order valence-electron chi connectivity index (χ1n) is 10.6. The molecule has 0 saturated carbocycles. The van der Waals surface area contributed by atoms with Crippen molar-refractivity contribution in [3.8, 4) is 0 Å². The van der Waals surface area contributed by atoms with Crippen molar-refractivity contribution in [2.45, 2.75) is 58.0 Å². The number of anilines is 1. The van der Waals surface area contributed by atoms with Crippen LogP contribution in [0.25, 0.3) is 11.1 Å². The Morgan fingerprint density at radius 1 is 1.14 bits per heavy atom. The molecule has 0 spiro atoms. The molecule has 0 radical (unpaired) electrons. The molecule has 1 N–H and O–H groups in total. The van der Waals surface area contributed by atoms with E-state index < -0.39 is 0 Å². The van der Waals surface area contributed by atoms with Gasteiger partial charge in [-0.25, -0.2) is 0 Å². The minimum Gasteiger partial charge on any atom is -0.423 e. The van der Waals surface area contributed by atoms with E-state index in [2.05, 4.69) is 20.1 Å². The summed E-state index contributed by atoms with van der Waals surface area (Å²) in [6.45, 7) is 10.0. The van der Waals surface area contributed by atoms with E-state index in [1.54, 1.807) is 0 Å². The fraction of sp³-hybridized carbons (Fsp3) is 0.636. The van der Waals surface area contributed by atoms with Gasteiger partial charge in [0.05, 0.1) is 5.92 Å². The van der Waals surface area contributed by atoms with E-state index >= 15 is 0 Å². The standard InChI is InChI=1S/C22H32N4O2/c1-22(2,3)24-20(27)16-7-6-12-26(15-16)17-10-13-25(14-11-17)21-23-18-8-4-5-9-19(18)28-21/h4-5,8-9,16-17H,6-7,10-15H2,1-3H3,(H,24,27)/t16-/m0/s1. The van der Waals surface area contributed by atoms with Gasteiger partial charge in [0.1, 0.15) is 5.52 Å². The number of rotatable bonds is 3. The molecular formula is C22H32N4O2. The van der Waals surface area contributed by atoms with Crippen LogP contribution in [0.3, 0.4) is 0 Å². The topological polar surface area (TPSA) is 61.6 Å². The second kappa shape index (κ2) is 7.74. The number of hydrogen-bond donors (Lipinski definition) is 1. The zero-order valence-corrected chi connectivity index (χ0v) is 17.3. The zero-order chi connectivity index (χ0) is 19.7. The van der Waals surface area contributed by atoms with Gasteiger partial charge in [-0.3, -0.25) is 9.69 Å². The second-order valence-corrected chi connectivity index (χ2v) is 9.26. The molecular weight excluding hydrogens is 352 g/mol. The monoisotopic (exact) mass is 384 g/mol. The summed E-state index contributed by atoms with van der Waals surface area (Å²) < 4.78 is 5.93. The van der Waals surface area contributed by atoms with Crippen molar-refractivity contribution in [2.75, 3.05) is 31.1 Å². The molecule has 0 aliphatic carbocycles. The number of piperidine rings is 2. The molecule has 4 rings (SSSR count). The van der Waals surface area contributed by atoms with Crippen molar-refractivity contribution >= 4 is 23.0 Å². The van der Waals surface area contributed by atoms with E-state index in [-0.39, 0.29) is 17.4 Å². The third-order valence-electron chi connectivity index (χ3n) is 5.86. The van der Waals surface area contributed by atoms with Gasteiger partial charge in [0.2, 0.25) is 5.91 Å². The molecule has 3 heterocycles. The molecule has 0 bridgehead atoms. The van der Waals surface area contributed by atoms with Crippen LogP contribution in [0.5, 0.6) is 0 Å². The van der Waals surface area contributed by atoms with Gasteiger partial charge < -0.3 is 14.6 Å². The van der Waals surface area contributed by atoms with Crippen molar-refractivity contribution in [1.29, 1.82) is 0 Å². The molecule has 2 aromatic rings. The van der Waals surface area contributed by atoms with Crippen LogP contribution in [0.15, 0.2) is 28.7 Å². The van der Waals surface area contributed by atoms with Gasteiger partial charge in [0.15, 0.2) is 5.58 Å². The Balaban J connectivity index is 1.33. The van der Waals surface area contributed by atoms with Crippen molar-refractivity contribution in [2.24, 2.45) is 5.92 Å². The maximum absolute atomic E-state index is 12.6. The fourth-order valence-corrected chi connectivity index (χ4v) is 4.44. The summed E-state index contributed by atoms with van der Waals surface area (Å²) in [7, 11) is 0. The smallest absolute Gasteiger partial charge is 0.298 e. The lowest BCUT2D eigenvalue weighted by Gasteiger charge is -2.42. The van der Waals surface area contributed by atoms with Crippen LogP contribution in [0.1, 0.15) is 46.5 Å². The number of carbonyl (C=O) groups is 1. The molecule has 2 fully saturated rings. The highest BCUT2D eigenvalue weighted by Gasteiger charge is 2.33. The van der Waals surface area contributed by atoms with Crippen LogP contribution in [0.2, 0.25) is 0 Å². The minimum atomic E-state index is -0.162. The number of para-hydroxylation sites is 2. The summed E-state index contributed by atoms with van der Waals surface area (Å²) in [6.07, 6.45) is 4.28. The first-order valence-corrected chi connectivity index (χ1v) is 10.6. The van der Waals surface area contributed by atoms with E-state index in [9.17, 15) is 4.79 Å². The van der Waals surface area contributed by atoms with E-state index in [1.165, 1.54) is 0 Å². The van der Waals surface area contributed by atoms with Crippen LogP contribution < -0.4 is 10.2 Å². The Morgan fingerprint density at radius 3 is 2.61 bits per heavy atom. The number of aromatic nitrogens is 1. The largest absolute Gasteiger partial charge is 0.423 e. The van der Waals surface area contributed by atoms with Gasteiger partial charge in [-0.2, -0.15) is 4.98 Å². The van der Waals surface area contributed by atoms with Crippen molar-refractivity contribution < 1.29 is 9.21 Å². The highest BCUT2D eigenvalue weighted by molar-refractivity contribution is 5.79. The summed E-state index contributed by atoms with van der Waals surface area (Å²) in [6, 6.07) is 9.21. The molecule has 1 amide bonds. The predicted molar refractivity (Wildman–Crippen MR) is 111 cm³/mol. The van der Waals surface area contributed by atoms with Gasteiger partial charge >= 0.3 is 0 Å². The third-order valence-corrected chi connectivity index (χ3v) is 5.86. The quantitative estimate of drug-likeness (QED) is 0.879. The number of fused-ring (bicyclic) bond motifs is 1. The third kappa shape index (κ3) is 4.32. The Labute approximate surface area is 167 Å². The maximum Gasteiger partial charge on any atom is 0.298 e. The number of carbonyl (C=O) groups excluding carboxylic acids is 1. The minimum absolute atomic E-state index is 0.114. The van der Waals surface area contributed by atoms with E-state index in [0.717, 1.165) is 69.0 Å². The predicted octanol–water partition coefficient (Wildman–Crippen LogP) is 3.42. The number of likely N-dealkylation sites (tertiary alicyclic amines) is 1. The number of nitrogens with one attached hydrogen (secondary N) is 1. The molecule has 2 saturated heterocycles. The normalized spacial score (nSPS) is 22.5. The Bertz CT molecular complexity index is 784. The van der Waals surface area contributed by atoms with E-state index in [0.29, 0.717) is 6.04 Å². The average molecular weight is 385 g/mol. The molecule has 6 nitrogen and oxygen atoms in total. The molecule has 0 unspecified atom stereocenters. The molecule has 1 aromatic carbocycles. The highest BCUT2D eigenvalue weighted by atomic mass is 16.4. The van der Waals surface area contributed by atoms with Crippen LogP contribution in [-0.4, -0.2) is 53.6 Å². The average Bonchev–Trinajstić information content (AvgIpc) is 3.11. The Morgan fingerprint density at radius 2 is 1.89 bits per heavy atom. The number of hydrogen-bond acceptors (Lipinski definition) is 5. The number of nitrogens with zero attached hydrogens (tertiary/aromatic N) is 3. The number of oxazole rings is 1. The van der Waals surface area contributed by atoms with Crippen LogP contribution in [0, 0.1) is 5.92 Å². The molecule has 2 aliphatic rings. The number of amides is 1. The van der Waals surface area contributed by atoms with Gasteiger partial charge in [-0.15, -0.1) is 0 Å². The molecule has 1 aromatic heterocycles. The molecule has 2 aliphatic heterocycles. The van der Waals surface area contributed by atoms with Gasteiger partial charge in [-0.05, 0) is 65.1 Å². The fourth-order valence-electron chi connectivity index (χ4n) is 4.44.